The predicted octanol–water partition coefficient (Wildman–Crippen LogP) is 3.73. The first kappa shape index (κ1) is 11.4. The van der Waals surface area contributed by atoms with Gasteiger partial charge in [-0.25, -0.2) is 0 Å². The Balaban J connectivity index is 1.99. The third-order valence-corrected chi connectivity index (χ3v) is 3.27. The van der Waals surface area contributed by atoms with Crippen LogP contribution in [0, 0.1) is 6.92 Å². The van der Waals surface area contributed by atoms with E-state index in [1.807, 2.05) is 6.07 Å². The molecule has 2 aromatic rings. The average Bonchev–Trinajstić information content (AvgIpc) is 2.28. The van der Waals surface area contributed by atoms with E-state index in [-0.39, 0.29) is 0 Å². The lowest BCUT2D eigenvalue weighted by molar-refractivity contribution is 0.929. The highest BCUT2D eigenvalue weighted by molar-refractivity contribution is 7.98. The van der Waals surface area contributed by atoms with Crippen molar-refractivity contribution in [3.63, 3.8) is 0 Å². The molecule has 1 aromatic carbocycles. The molecule has 0 aliphatic heterocycles. The van der Waals surface area contributed by atoms with E-state index in [1.165, 1.54) is 11.1 Å². The third kappa shape index (κ3) is 3.22. The van der Waals surface area contributed by atoms with Gasteiger partial charge in [-0.3, -0.25) is 0 Å². The second kappa shape index (κ2) is 5.32. The minimum atomic E-state index is 0.430. The largest absolute Gasteiger partial charge is 0.151 e. The molecule has 1 aromatic heterocycles. The van der Waals surface area contributed by atoms with Gasteiger partial charge < -0.3 is 0 Å². The zero-order valence-electron chi connectivity index (χ0n) is 8.85. The van der Waals surface area contributed by atoms with Gasteiger partial charge in [0.25, 0.3) is 0 Å². The molecule has 1 heterocycles. The summed E-state index contributed by atoms with van der Waals surface area (Å²) >= 11 is 7.33. The Morgan fingerprint density at radius 1 is 1.19 bits per heavy atom. The highest BCUT2D eigenvalue weighted by Crippen LogP contribution is 2.21. The standard InChI is InChI=1S/C12H11ClN2S/c1-9-3-2-4-10(7-9)8-16-12-6-5-11(13)14-15-12/h2-7H,8H2,1H3. The molecule has 0 radical (unpaired) electrons. The van der Waals surface area contributed by atoms with Gasteiger partial charge >= 0.3 is 0 Å². The number of aryl methyl sites for hydroxylation is 1. The number of rotatable bonds is 3. The number of thioether (sulfide) groups is 1. The molecule has 0 atom stereocenters. The summed E-state index contributed by atoms with van der Waals surface area (Å²) in [6.45, 7) is 2.09. The molecule has 0 unspecified atom stereocenters. The molecule has 0 saturated heterocycles. The van der Waals surface area contributed by atoms with Gasteiger partial charge in [0.15, 0.2) is 5.15 Å². The van der Waals surface area contributed by atoms with Gasteiger partial charge in [-0.2, -0.15) is 0 Å². The summed E-state index contributed by atoms with van der Waals surface area (Å²) < 4.78 is 0. The van der Waals surface area contributed by atoms with Gasteiger partial charge in [0, 0.05) is 5.75 Å². The molecule has 2 rings (SSSR count). The SMILES string of the molecule is Cc1cccc(CSc2ccc(Cl)nn2)c1. The van der Waals surface area contributed by atoms with Crippen molar-refractivity contribution in [2.24, 2.45) is 0 Å². The van der Waals surface area contributed by atoms with Crippen molar-refractivity contribution in [3.05, 3.63) is 52.7 Å². The molecular formula is C12H11ClN2S. The highest BCUT2D eigenvalue weighted by atomic mass is 35.5. The molecule has 4 heteroatoms. The molecule has 0 saturated carbocycles. The minimum absolute atomic E-state index is 0.430. The van der Waals surface area contributed by atoms with Crippen LogP contribution in [0.1, 0.15) is 11.1 Å². The second-order valence-corrected chi connectivity index (χ2v) is 4.85. The predicted molar refractivity (Wildman–Crippen MR) is 67.8 cm³/mol. The Morgan fingerprint density at radius 2 is 2.06 bits per heavy atom. The van der Waals surface area contributed by atoms with E-state index < -0.39 is 0 Å². The molecule has 16 heavy (non-hydrogen) atoms. The van der Waals surface area contributed by atoms with Gasteiger partial charge in [-0.05, 0) is 24.6 Å². The molecule has 0 bridgehead atoms. The molecule has 2 nitrogen and oxygen atoms in total. The number of hydrogen-bond donors (Lipinski definition) is 0. The van der Waals surface area contributed by atoms with Crippen LogP contribution in [0.3, 0.4) is 0 Å². The summed E-state index contributed by atoms with van der Waals surface area (Å²) in [7, 11) is 0. The van der Waals surface area contributed by atoms with Crippen LogP contribution in [-0.4, -0.2) is 10.2 Å². The Labute approximate surface area is 104 Å². The van der Waals surface area contributed by atoms with Crippen LogP contribution in [0.25, 0.3) is 0 Å². The van der Waals surface area contributed by atoms with Crippen molar-refractivity contribution in [2.75, 3.05) is 0 Å². The summed E-state index contributed by atoms with van der Waals surface area (Å²) in [5, 5.41) is 9.13. The molecule has 0 aliphatic carbocycles. The maximum Gasteiger partial charge on any atom is 0.151 e. The van der Waals surface area contributed by atoms with Crippen molar-refractivity contribution in [3.8, 4) is 0 Å². The fourth-order valence-corrected chi connectivity index (χ4v) is 2.20. The first-order valence-electron chi connectivity index (χ1n) is 4.91. The van der Waals surface area contributed by atoms with Crippen LogP contribution in [0.2, 0.25) is 5.15 Å². The Hall–Kier alpha value is -1.06. The summed E-state index contributed by atoms with van der Waals surface area (Å²) in [5.74, 6) is 0.901. The molecule has 0 fully saturated rings. The third-order valence-electron chi connectivity index (χ3n) is 2.08. The second-order valence-electron chi connectivity index (χ2n) is 3.47. The van der Waals surface area contributed by atoms with Crippen molar-refractivity contribution in [1.29, 1.82) is 0 Å². The molecule has 82 valence electrons. The van der Waals surface area contributed by atoms with Gasteiger partial charge in [0.05, 0.1) is 0 Å². The van der Waals surface area contributed by atoms with Crippen LogP contribution >= 0.6 is 23.4 Å². The maximum atomic E-state index is 5.67. The van der Waals surface area contributed by atoms with Gasteiger partial charge in [-0.15, -0.1) is 10.2 Å². The normalized spacial score (nSPS) is 10.4. The number of aromatic nitrogens is 2. The van der Waals surface area contributed by atoms with Crippen LogP contribution in [0.15, 0.2) is 41.4 Å². The van der Waals surface area contributed by atoms with Crippen molar-refractivity contribution in [1.82, 2.24) is 10.2 Å². The van der Waals surface area contributed by atoms with Crippen LogP contribution in [0.5, 0.6) is 0 Å². The van der Waals surface area contributed by atoms with E-state index in [2.05, 4.69) is 41.4 Å². The topological polar surface area (TPSA) is 25.8 Å². The smallest absolute Gasteiger partial charge is 0.143 e. The van der Waals surface area contributed by atoms with Crippen LogP contribution in [-0.2, 0) is 5.75 Å². The highest BCUT2D eigenvalue weighted by Gasteiger charge is 1.99. The zero-order valence-corrected chi connectivity index (χ0v) is 10.4. The summed E-state index contributed by atoms with van der Waals surface area (Å²) in [5.41, 5.74) is 2.57. The number of nitrogens with zero attached hydrogens (tertiary/aromatic N) is 2. The van der Waals surface area contributed by atoms with Gasteiger partial charge in [0.1, 0.15) is 5.03 Å². The van der Waals surface area contributed by atoms with E-state index in [4.69, 9.17) is 11.6 Å². The van der Waals surface area contributed by atoms with Crippen LogP contribution < -0.4 is 0 Å². The van der Waals surface area contributed by atoms with E-state index in [0.717, 1.165) is 10.8 Å². The van der Waals surface area contributed by atoms with Gasteiger partial charge in [-0.1, -0.05) is 53.2 Å². The molecule has 0 N–H and O–H groups in total. The lowest BCUT2D eigenvalue weighted by Gasteiger charge is -2.01. The van der Waals surface area contributed by atoms with Crippen LogP contribution in [0.4, 0.5) is 0 Å². The number of hydrogen-bond acceptors (Lipinski definition) is 3. The lowest BCUT2D eigenvalue weighted by Crippen LogP contribution is -1.86. The Morgan fingerprint density at radius 3 is 2.75 bits per heavy atom. The van der Waals surface area contributed by atoms with E-state index in [9.17, 15) is 0 Å². The Kier molecular flexibility index (Phi) is 3.80. The lowest BCUT2D eigenvalue weighted by atomic mass is 10.2. The van der Waals surface area contributed by atoms with E-state index >= 15 is 0 Å². The summed E-state index contributed by atoms with van der Waals surface area (Å²) in [6.07, 6.45) is 0. The number of halogens is 1. The molecule has 0 amide bonds. The summed E-state index contributed by atoms with van der Waals surface area (Å²) in [4.78, 5) is 0. The number of benzene rings is 1. The molecule has 0 aliphatic rings. The van der Waals surface area contributed by atoms with Crippen molar-refractivity contribution < 1.29 is 0 Å². The fourth-order valence-electron chi connectivity index (χ4n) is 1.34. The quantitative estimate of drug-likeness (QED) is 0.777. The summed E-state index contributed by atoms with van der Waals surface area (Å²) in [6, 6.07) is 12.1. The zero-order chi connectivity index (χ0) is 11.4. The first-order chi connectivity index (χ1) is 7.74. The van der Waals surface area contributed by atoms with E-state index in [0.29, 0.717) is 5.15 Å². The molecule has 0 spiro atoms. The van der Waals surface area contributed by atoms with Crippen molar-refractivity contribution >= 4 is 23.4 Å². The Bertz CT molecular complexity index is 471. The molecular weight excluding hydrogens is 240 g/mol. The maximum absolute atomic E-state index is 5.67. The van der Waals surface area contributed by atoms with Crippen molar-refractivity contribution in [2.45, 2.75) is 17.7 Å². The monoisotopic (exact) mass is 250 g/mol. The fraction of sp³-hybridized carbons (Fsp3) is 0.167. The average molecular weight is 251 g/mol. The first-order valence-corrected chi connectivity index (χ1v) is 6.28. The minimum Gasteiger partial charge on any atom is -0.143 e. The van der Waals surface area contributed by atoms with Gasteiger partial charge in [0.2, 0.25) is 0 Å². The van der Waals surface area contributed by atoms with E-state index in [1.54, 1.807) is 17.8 Å².